The van der Waals surface area contributed by atoms with E-state index in [1.807, 2.05) is 36.5 Å². The third kappa shape index (κ3) is 2.81. The highest BCUT2D eigenvalue weighted by atomic mass is 32.2. The van der Waals surface area contributed by atoms with Crippen LogP contribution in [0, 0.1) is 0 Å². The summed E-state index contributed by atoms with van der Waals surface area (Å²) in [6.45, 7) is 0. The van der Waals surface area contributed by atoms with Gasteiger partial charge in [-0.15, -0.1) is 0 Å². The first kappa shape index (κ1) is 14.6. The van der Waals surface area contributed by atoms with Crippen LogP contribution in [0.2, 0.25) is 0 Å². The van der Waals surface area contributed by atoms with Gasteiger partial charge in [-0.25, -0.2) is 4.98 Å². The fourth-order valence-electron chi connectivity index (χ4n) is 3.28. The van der Waals surface area contributed by atoms with Crippen molar-refractivity contribution in [3.8, 4) is 0 Å². The standard InChI is InChI=1S/C18H19N3OS/c22-23(18-20-14-9-4-5-10-15(14)21-18)16-11-3-1-2-7-13-8-6-12-19-17(13)16/h4-6,8-10,12,16H,1-3,7,11H2,(H,20,21). The summed E-state index contributed by atoms with van der Waals surface area (Å²) in [6, 6.07) is 11.9. The molecule has 1 N–H and O–H groups in total. The zero-order chi connectivity index (χ0) is 15.6. The number of nitrogens with zero attached hydrogens (tertiary/aromatic N) is 2. The molecule has 0 saturated carbocycles. The van der Waals surface area contributed by atoms with Crippen LogP contribution in [-0.4, -0.2) is 19.2 Å². The molecule has 2 aromatic heterocycles. The molecule has 1 aromatic carbocycles. The smallest absolute Gasteiger partial charge is 0.198 e. The average Bonchev–Trinajstić information content (AvgIpc) is 2.99. The lowest BCUT2D eigenvalue weighted by atomic mass is 9.97. The number of hydrogen-bond donors (Lipinski definition) is 1. The van der Waals surface area contributed by atoms with Crippen molar-refractivity contribution >= 4 is 21.8 Å². The summed E-state index contributed by atoms with van der Waals surface area (Å²) >= 11 is 0. The van der Waals surface area contributed by atoms with E-state index in [4.69, 9.17) is 0 Å². The van der Waals surface area contributed by atoms with Crippen LogP contribution in [-0.2, 0) is 17.2 Å². The molecule has 3 aromatic rings. The van der Waals surface area contributed by atoms with E-state index in [-0.39, 0.29) is 5.25 Å². The highest BCUT2D eigenvalue weighted by molar-refractivity contribution is 7.85. The van der Waals surface area contributed by atoms with Crippen LogP contribution in [0.25, 0.3) is 11.0 Å². The Morgan fingerprint density at radius 1 is 1.09 bits per heavy atom. The maximum absolute atomic E-state index is 13.2. The van der Waals surface area contributed by atoms with Crippen molar-refractivity contribution in [3.63, 3.8) is 0 Å². The highest BCUT2D eigenvalue weighted by Gasteiger charge is 2.27. The maximum atomic E-state index is 13.2. The second kappa shape index (κ2) is 6.24. The SMILES string of the molecule is O=S(c1nc2ccccc2[nH]1)C1CCCCCc2cccnc21. The monoisotopic (exact) mass is 325 g/mol. The summed E-state index contributed by atoms with van der Waals surface area (Å²) in [7, 11) is -1.21. The van der Waals surface area contributed by atoms with Crippen molar-refractivity contribution in [1.82, 2.24) is 15.0 Å². The number of aryl methyl sites for hydroxylation is 1. The first-order valence-electron chi connectivity index (χ1n) is 8.12. The van der Waals surface area contributed by atoms with Gasteiger partial charge in [0.05, 0.1) is 32.8 Å². The Kier molecular flexibility index (Phi) is 3.95. The number of para-hydroxylation sites is 2. The molecule has 1 aliphatic carbocycles. The van der Waals surface area contributed by atoms with Crippen molar-refractivity contribution in [2.24, 2.45) is 0 Å². The van der Waals surface area contributed by atoms with Gasteiger partial charge in [0.25, 0.3) is 0 Å². The molecule has 4 rings (SSSR count). The van der Waals surface area contributed by atoms with E-state index < -0.39 is 10.8 Å². The van der Waals surface area contributed by atoms with Crippen LogP contribution >= 0.6 is 0 Å². The largest absolute Gasteiger partial charge is 0.331 e. The van der Waals surface area contributed by atoms with Crippen LogP contribution in [0.1, 0.15) is 42.2 Å². The molecule has 0 bridgehead atoms. The second-order valence-electron chi connectivity index (χ2n) is 5.99. The Balaban J connectivity index is 1.75. The van der Waals surface area contributed by atoms with Crippen LogP contribution < -0.4 is 0 Å². The predicted octanol–water partition coefficient (Wildman–Crippen LogP) is 3.92. The van der Waals surface area contributed by atoms with Crippen molar-refractivity contribution in [2.45, 2.75) is 42.5 Å². The Labute approximate surface area is 137 Å². The third-order valence-electron chi connectivity index (χ3n) is 4.46. The zero-order valence-electron chi connectivity index (χ0n) is 12.9. The number of benzene rings is 1. The normalized spacial score (nSPS) is 19.7. The molecule has 5 heteroatoms. The Morgan fingerprint density at radius 3 is 2.91 bits per heavy atom. The molecule has 23 heavy (non-hydrogen) atoms. The first-order chi connectivity index (χ1) is 11.3. The highest BCUT2D eigenvalue weighted by Crippen LogP contribution is 2.33. The van der Waals surface area contributed by atoms with E-state index in [2.05, 4.69) is 21.0 Å². The van der Waals surface area contributed by atoms with E-state index in [9.17, 15) is 4.21 Å². The molecule has 0 fully saturated rings. The number of hydrogen-bond acceptors (Lipinski definition) is 3. The number of aromatic amines is 1. The lowest BCUT2D eigenvalue weighted by Crippen LogP contribution is -2.14. The van der Waals surface area contributed by atoms with Crippen molar-refractivity contribution in [3.05, 3.63) is 53.9 Å². The summed E-state index contributed by atoms with van der Waals surface area (Å²) in [5, 5.41) is 0.487. The van der Waals surface area contributed by atoms with Crippen LogP contribution in [0.4, 0.5) is 0 Å². The van der Waals surface area contributed by atoms with Gasteiger partial charge in [0.15, 0.2) is 5.16 Å². The van der Waals surface area contributed by atoms with E-state index in [1.165, 1.54) is 18.4 Å². The lowest BCUT2D eigenvalue weighted by Gasteiger charge is -2.20. The Hall–Kier alpha value is -2.01. The van der Waals surface area contributed by atoms with Gasteiger partial charge < -0.3 is 4.98 Å². The van der Waals surface area contributed by atoms with Gasteiger partial charge >= 0.3 is 0 Å². The maximum Gasteiger partial charge on any atom is 0.198 e. The molecule has 118 valence electrons. The number of aromatic nitrogens is 3. The Bertz CT molecular complexity index is 825. The third-order valence-corrected chi connectivity index (χ3v) is 6.01. The topological polar surface area (TPSA) is 58.6 Å². The molecule has 1 aliphatic rings. The minimum Gasteiger partial charge on any atom is -0.331 e. The van der Waals surface area contributed by atoms with E-state index in [1.54, 1.807) is 0 Å². The van der Waals surface area contributed by atoms with Crippen molar-refractivity contribution in [1.29, 1.82) is 0 Å². The van der Waals surface area contributed by atoms with Crippen LogP contribution in [0.15, 0.2) is 47.8 Å². The number of nitrogens with one attached hydrogen (secondary N) is 1. The van der Waals surface area contributed by atoms with E-state index in [0.717, 1.165) is 36.0 Å². The fraction of sp³-hybridized carbons (Fsp3) is 0.333. The fourth-order valence-corrected chi connectivity index (χ4v) is 4.74. The molecular formula is C18H19N3OS. The summed E-state index contributed by atoms with van der Waals surface area (Å²) in [5.74, 6) is 0. The molecule has 0 saturated heterocycles. The molecule has 0 aliphatic heterocycles. The summed E-state index contributed by atoms with van der Waals surface area (Å²) in [5.41, 5.74) is 4.03. The zero-order valence-corrected chi connectivity index (χ0v) is 13.7. The summed E-state index contributed by atoms with van der Waals surface area (Å²) < 4.78 is 13.2. The summed E-state index contributed by atoms with van der Waals surface area (Å²) in [6.07, 6.45) is 7.19. The van der Waals surface area contributed by atoms with Crippen LogP contribution in [0.5, 0.6) is 0 Å². The number of pyridine rings is 1. The van der Waals surface area contributed by atoms with Gasteiger partial charge in [-0.1, -0.05) is 31.0 Å². The Morgan fingerprint density at radius 2 is 2.00 bits per heavy atom. The molecule has 2 unspecified atom stereocenters. The molecule has 2 heterocycles. The minimum absolute atomic E-state index is 0.0768. The van der Waals surface area contributed by atoms with E-state index >= 15 is 0 Å². The molecule has 0 spiro atoms. The van der Waals surface area contributed by atoms with Gasteiger partial charge in [0.1, 0.15) is 0 Å². The quantitative estimate of drug-likeness (QED) is 0.777. The van der Waals surface area contributed by atoms with Crippen LogP contribution in [0.3, 0.4) is 0 Å². The van der Waals surface area contributed by atoms with Gasteiger partial charge in [0, 0.05) is 6.20 Å². The number of rotatable bonds is 2. The molecule has 2 atom stereocenters. The van der Waals surface area contributed by atoms with Gasteiger partial charge in [0.2, 0.25) is 0 Å². The number of imidazole rings is 1. The second-order valence-corrected chi connectivity index (χ2v) is 7.54. The first-order valence-corrected chi connectivity index (χ1v) is 9.33. The molecule has 4 nitrogen and oxygen atoms in total. The number of fused-ring (bicyclic) bond motifs is 2. The van der Waals surface area contributed by atoms with Gasteiger partial charge in [-0.3, -0.25) is 9.19 Å². The van der Waals surface area contributed by atoms with E-state index in [0.29, 0.717) is 5.16 Å². The molecule has 0 radical (unpaired) electrons. The van der Waals surface area contributed by atoms with Gasteiger partial charge in [-0.2, -0.15) is 0 Å². The average molecular weight is 325 g/mol. The molecule has 0 amide bonds. The van der Waals surface area contributed by atoms with Gasteiger partial charge in [-0.05, 0) is 43.0 Å². The predicted molar refractivity (Wildman–Crippen MR) is 91.7 cm³/mol. The lowest BCUT2D eigenvalue weighted by molar-refractivity contribution is 0.584. The summed E-state index contributed by atoms with van der Waals surface area (Å²) in [4.78, 5) is 12.3. The van der Waals surface area contributed by atoms with Crippen molar-refractivity contribution < 1.29 is 4.21 Å². The molecular weight excluding hydrogens is 306 g/mol. The number of H-pyrrole nitrogens is 1. The van der Waals surface area contributed by atoms with Crippen molar-refractivity contribution in [2.75, 3.05) is 0 Å². The minimum atomic E-state index is -1.21.